The van der Waals surface area contributed by atoms with E-state index in [9.17, 15) is 22.9 Å². The fourth-order valence-corrected chi connectivity index (χ4v) is 4.10. The topological polar surface area (TPSA) is 89.3 Å². The third kappa shape index (κ3) is 3.56. The van der Waals surface area contributed by atoms with Crippen LogP contribution in [-0.2, 0) is 10.0 Å². The van der Waals surface area contributed by atoms with Crippen LogP contribution in [0.4, 0.5) is 10.1 Å². The molecule has 0 radical (unpaired) electrons. The number of nitro benzene ring substituents is 1. The van der Waals surface area contributed by atoms with E-state index in [2.05, 4.69) is 4.72 Å². The molecule has 1 aromatic rings. The van der Waals surface area contributed by atoms with E-state index >= 15 is 0 Å². The minimum Gasteiger partial charge on any atom is -0.258 e. The molecule has 0 atom stereocenters. The van der Waals surface area contributed by atoms with E-state index < -0.39 is 32.0 Å². The van der Waals surface area contributed by atoms with Gasteiger partial charge in [-0.1, -0.05) is 19.3 Å². The van der Waals surface area contributed by atoms with Gasteiger partial charge in [0.1, 0.15) is 0 Å². The molecule has 8 heteroatoms. The summed E-state index contributed by atoms with van der Waals surface area (Å²) in [5.41, 5.74) is -1.28. The van der Waals surface area contributed by atoms with Gasteiger partial charge in [0, 0.05) is 17.7 Å². The third-order valence-corrected chi connectivity index (χ3v) is 5.40. The Morgan fingerprint density at radius 1 is 1.29 bits per heavy atom. The van der Waals surface area contributed by atoms with Crippen LogP contribution in [0.3, 0.4) is 0 Å². The summed E-state index contributed by atoms with van der Waals surface area (Å²) < 4.78 is 40.8. The SMILES string of the molecule is CC1(NS(=O)(=O)c2ccc([N+](=O)[O-])c(F)c2)CCCCC1. The molecule has 0 unspecified atom stereocenters. The zero-order valence-electron chi connectivity index (χ0n) is 11.6. The molecule has 0 amide bonds. The van der Waals surface area contributed by atoms with Crippen molar-refractivity contribution in [2.24, 2.45) is 0 Å². The van der Waals surface area contributed by atoms with Gasteiger partial charge in [-0.05, 0) is 25.8 Å². The molecule has 1 aliphatic rings. The molecule has 1 saturated carbocycles. The fourth-order valence-electron chi connectivity index (χ4n) is 2.62. The van der Waals surface area contributed by atoms with Crippen LogP contribution in [0.2, 0.25) is 0 Å². The van der Waals surface area contributed by atoms with Crippen molar-refractivity contribution in [1.29, 1.82) is 0 Å². The molecule has 0 spiro atoms. The van der Waals surface area contributed by atoms with Gasteiger partial charge in [0.25, 0.3) is 0 Å². The molecule has 1 aliphatic carbocycles. The Balaban J connectivity index is 2.27. The van der Waals surface area contributed by atoms with Crippen LogP contribution in [0.25, 0.3) is 0 Å². The first-order valence-electron chi connectivity index (χ1n) is 6.71. The second-order valence-corrected chi connectivity index (χ2v) is 7.28. The maximum absolute atomic E-state index is 13.6. The predicted octanol–water partition coefficient (Wildman–Crippen LogP) is 2.74. The lowest BCUT2D eigenvalue weighted by Gasteiger charge is -2.34. The lowest BCUT2D eigenvalue weighted by atomic mass is 9.84. The summed E-state index contributed by atoms with van der Waals surface area (Å²) in [4.78, 5) is 9.37. The van der Waals surface area contributed by atoms with Crippen LogP contribution in [0, 0.1) is 15.9 Å². The van der Waals surface area contributed by atoms with E-state index in [1.54, 1.807) is 0 Å². The zero-order chi connectivity index (χ0) is 15.7. The maximum Gasteiger partial charge on any atom is 0.304 e. The summed E-state index contributed by atoms with van der Waals surface area (Å²) in [6.45, 7) is 1.82. The van der Waals surface area contributed by atoms with Gasteiger partial charge in [-0.2, -0.15) is 4.39 Å². The van der Waals surface area contributed by atoms with Crippen LogP contribution in [0.1, 0.15) is 39.0 Å². The quantitative estimate of drug-likeness (QED) is 0.683. The van der Waals surface area contributed by atoms with Crippen LogP contribution in [0.15, 0.2) is 23.1 Å². The van der Waals surface area contributed by atoms with E-state index in [-0.39, 0.29) is 4.90 Å². The second-order valence-electron chi connectivity index (χ2n) is 5.60. The summed E-state index contributed by atoms with van der Waals surface area (Å²) >= 11 is 0. The van der Waals surface area contributed by atoms with Crippen molar-refractivity contribution >= 4 is 15.7 Å². The van der Waals surface area contributed by atoms with Crippen LogP contribution in [0.5, 0.6) is 0 Å². The Labute approximate surface area is 122 Å². The highest BCUT2D eigenvalue weighted by molar-refractivity contribution is 7.89. The minimum absolute atomic E-state index is 0.294. The smallest absolute Gasteiger partial charge is 0.258 e. The van der Waals surface area contributed by atoms with Gasteiger partial charge in [-0.25, -0.2) is 13.1 Å². The molecule has 21 heavy (non-hydrogen) atoms. The largest absolute Gasteiger partial charge is 0.304 e. The average molecular weight is 316 g/mol. The fraction of sp³-hybridized carbons (Fsp3) is 0.538. The first-order valence-corrected chi connectivity index (χ1v) is 8.20. The zero-order valence-corrected chi connectivity index (χ0v) is 12.5. The van der Waals surface area contributed by atoms with Gasteiger partial charge in [-0.15, -0.1) is 0 Å². The number of hydrogen-bond acceptors (Lipinski definition) is 4. The summed E-state index contributed by atoms with van der Waals surface area (Å²) in [5, 5.41) is 10.6. The molecule has 0 heterocycles. The van der Waals surface area contributed by atoms with Crippen molar-refractivity contribution in [2.45, 2.75) is 49.5 Å². The molecular formula is C13H17FN2O4S. The molecule has 0 aromatic heterocycles. The number of nitrogens with zero attached hydrogens (tertiary/aromatic N) is 1. The Hall–Kier alpha value is -1.54. The van der Waals surface area contributed by atoms with Gasteiger partial charge in [0.15, 0.2) is 0 Å². The van der Waals surface area contributed by atoms with E-state index in [0.717, 1.165) is 44.2 Å². The van der Waals surface area contributed by atoms with Gasteiger partial charge >= 0.3 is 5.69 Å². The molecule has 0 aliphatic heterocycles. The highest BCUT2D eigenvalue weighted by Gasteiger charge is 2.32. The van der Waals surface area contributed by atoms with Gasteiger partial charge in [0.2, 0.25) is 15.8 Å². The molecule has 6 nitrogen and oxygen atoms in total. The monoisotopic (exact) mass is 316 g/mol. The van der Waals surface area contributed by atoms with E-state index in [4.69, 9.17) is 0 Å². The van der Waals surface area contributed by atoms with E-state index in [1.165, 1.54) is 0 Å². The number of nitro groups is 1. The highest BCUT2D eigenvalue weighted by atomic mass is 32.2. The molecule has 0 bridgehead atoms. The molecule has 1 aromatic carbocycles. The minimum atomic E-state index is -3.90. The van der Waals surface area contributed by atoms with E-state index in [0.29, 0.717) is 6.07 Å². The van der Waals surface area contributed by atoms with Gasteiger partial charge in [-0.3, -0.25) is 10.1 Å². The van der Waals surface area contributed by atoms with Crippen molar-refractivity contribution in [1.82, 2.24) is 4.72 Å². The summed E-state index contributed by atoms with van der Waals surface area (Å²) in [6, 6.07) is 2.61. The maximum atomic E-state index is 13.6. The summed E-state index contributed by atoms with van der Waals surface area (Å²) in [7, 11) is -3.90. The average Bonchev–Trinajstić information content (AvgIpc) is 2.37. The lowest BCUT2D eigenvalue weighted by Crippen LogP contribution is -2.47. The number of sulfonamides is 1. The normalized spacial score (nSPS) is 18.4. The van der Waals surface area contributed by atoms with Gasteiger partial charge < -0.3 is 0 Å². The Morgan fingerprint density at radius 3 is 2.43 bits per heavy atom. The first-order chi connectivity index (χ1) is 9.73. The number of nitrogens with one attached hydrogen (secondary N) is 1. The Morgan fingerprint density at radius 2 is 1.90 bits per heavy atom. The van der Waals surface area contributed by atoms with Crippen LogP contribution in [-0.4, -0.2) is 18.9 Å². The number of benzene rings is 1. The molecule has 2 rings (SSSR count). The summed E-state index contributed by atoms with van der Waals surface area (Å²) in [6.07, 6.45) is 4.40. The lowest BCUT2D eigenvalue weighted by molar-refractivity contribution is -0.387. The van der Waals surface area contributed by atoms with Crippen molar-refractivity contribution in [3.05, 3.63) is 34.1 Å². The molecular weight excluding hydrogens is 299 g/mol. The van der Waals surface area contributed by atoms with Gasteiger partial charge in [0.05, 0.1) is 9.82 Å². The number of rotatable bonds is 4. The first kappa shape index (κ1) is 15.8. The van der Waals surface area contributed by atoms with Crippen molar-refractivity contribution < 1.29 is 17.7 Å². The molecule has 116 valence electrons. The molecule has 1 N–H and O–H groups in total. The number of hydrogen-bond donors (Lipinski definition) is 1. The Kier molecular flexibility index (Phi) is 4.29. The van der Waals surface area contributed by atoms with Crippen LogP contribution >= 0.6 is 0 Å². The van der Waals surface area contributed by atoms with E-state index in [1.807, 2.05) is 6.92 Å². The van der Waals surface area contributed by atoms with Crippen molar-refractivity contribution in [3.8, 4) is 0 Å². The molecule has 1 fully saturated rings. The van der Waals surface area contributed by atoms with Crippen molar-refractivity contribution in [3.63, 3.8) is 0 Å². The highest BCUT2D eigenvalue weighted by Crippen LogP contribution is 2.30. The predicted molar refractivity (Wildman–Crippen MR) is 74.9 cm³/mol. The van der Waals surface area contributed by atoms with Crippen LogP contribution < -0.4 is 4.72 Å². The molecule has 0 saturated heterocycles. The standard InChI is InChI=1S/C13H17FN2O4S/c1-13(7-3-2-4-8-13)15-21(19,20)10-5-6-12(16(17)18)11(14)9-10/h5-6,9,15H,2-4,7-8H2,1H3. The third-order valence-electron chi connectivity index (χ3n) is 3.76. The van der Waals surface area contributed by atoms with Crippen molar-refractivity contribution in [2.75, 3.05) is 0 Å². The second kappa shape index (κ2) is 5.69. The number of halogens is 1. The Bertz CT molecular complexity index is 654. The summed E-state index contributed by atoms with van der Waals surface area (Å²) in [5.74, 6) is -1.16.